The summed E-state index contributed by atoms with van der Waals surface area (Å²) in [5, 5.41) is 12.2. The maximum Gasteiger partial charge on any atom is 0.407 e. The Morgan fingerprint density at radius 1 is 1.00 bits per heavy atom. The van der Waals surface area contributed by atoms with Crippen LogP contribution in [0.2, 0.25) is 0 Å². The summed E-state index contributed by atoms with van der Waals surface area (Å²) in [6, 6.07) is 20.3. The minimum atomic E-state index is -1.14. The zero-order chi connectivity index (χ0) is 24.8. The van der Waals surface area contributed by atoms with Gasteiger partial charge in [0.1, 0.15) is 18.4 Å². The first-order chi connectivity index (χ1) is 17.0. The molecule has 2 N–H and O–H groups in total. The third-order valence-electron chi connectivity index (χ3n) is 6.18. The van der Waals surface area contributed by atoms with Crippen LogP contribution >= 0.6 is 0 Å². The van der Waals surface area contributed by atoms with Gasteiger partial charge in [-0.3, -0.25) is 0 Å². The Hall–Kier alpha value is -3.84. The largest absolute Gasteiger partial charge is 0.496 e. The third kappa shape index (κ3) is 5.46. The van der Waals surface area contributed by atoms with Crippen molar-refractivity contribution < 1.29 is 28.9 Å². The van der Waals surface area contributed by atoms with Crippen LogP contribution in [0.5, 0.6) is 5.75 Å². The van der Waals surface area contributed by atoms with Crippen LogP contribution in [0, 0.1) is 0 Å². The quantitative estimate of drug-likeness (QED) is 0.439. The van der Waals surface area contributed by atoms with Crippen LogP contribution in [0.25, 0.3) is 11.1 Å². The standard InChI is InChI=1S/C28H29NO6/c1-3-34-16-19-14-18(12-13-26(19)33-2)15-25(27(30)31)29-28(32)35-17-24-22-10-6-4-8-20(22)21-9-5-7-11-23(21)24/h4-14,24-25H,3,15-17H2,1-2H3,(H,29,32)(H,30,31). The van der Waals surface area contributed by atoms with Gasteiger partial charge < -0.3 is 24.6 Å². The van der Waals surface area contributed by atoms with Gasteiger partial charge >= 0.3 is 12.1 Å². The summed E-state index contributed by atoms with van der Waals surface area (Å²) in [7, 11) is 1.57. The summed E-state index contributed by atoms with van der Waals surface area (Å²) < 4.78 is 16.4. The van der Waals surface area contributed by atoms with Crippen LogP contribution in [0.4, 0.5) is 4.79 Å². The van der Waals surface area contributed by atoms with Crippen LogP contribution in [0.3, 0.4) is 0 Å². The van der Waals surface area contributed by atoms with Gasteiger partial charge in [-0.15, -0.1) is 0 Å². The van der Waals surface area contributed by atoms with Gasteiger partial charge in [-0.05, 0) is 46.9 Å². The van der Waals surface area contributed by atoms with Gasteiger partial charge in [0.15, 0.2) is 0 Å². The van der Waals surface area contributed by atoms with Crippen molar-refractivity contribution in [1.29, 1.82) is 0 Å². The molecule has 1 atom stereocenters. The van der Waals surface area contributed by atoms with E-state index in [4.69, 9.17) is 14.2 Å². The SMILES string of the molecule is CCOCc1cc(CC(NC(=O)OCC2c3ccccc3-c3ccccc32)C(=O)O)ccc1OC. The highest BCUT2D eigenvalue weighted by Gasteiger charge is 2.29. The molecule has 1 amide bonds. The molecule has 1 aliphatic rings. The number of alkyl carbamates (subject to hydrolysis) is 1. The van der Waals surface area contributed by atoms with Crippen molar-refractivity contribution in [3.63, 3.8) is 0 Å². The maximum absolute atomic E-state index is 12.6. The van der Waals surface area contributed by atoms with Gasteiger partial charge in [-0.2, -0.15) is 0 Å². The molecule has 3 aromatic carbocycles. The van der Waals surface area contributed by atoms with Crippen molar-refractivity contribution in [3.05, 3.63) is 89.0 Å². The van der Waals surface area contributed by atoms with Gasteiger partial charge in [0.05, 0.1) is 13.7 Å². The Morgan fingerprint density at radius 2 is 1.66 bits per heavy atom. The summed E-state index contributed by atoms with van der Waals surface area (Å²) in [5.74, 6) is -0.571. The number of fused-ring (bicyclic) bond motifs is 3. The molecule has 7 heteroatoms. The number of rotatable bonds is 10. The first kappa shape index (κ1) is 24.3. The van der Waals surface area contributed by atoms with Crippen LogP contribution in [-0.2, 0) is 27.3 Å². The molecule has 3 aromatic rings. The maximum atomic E-state index is 12.6. The van der Waals surface area contributed by atoms with Crippen LogP contribution in [0.15, 0.2) is 66.7 Å². The van der Waals surface area contributed by atoms with Crippen molar-refractivity contribution in [1.82, 2.24) is 5.32 Å². The number of ether oxygens (including phenoxy) is 3. The average Bonchev–Trinajstić information content (AvgIpc) is 3.19. The molecule has 0 aliphatic heterocycles. The molecule has 35 heavy (non-hydrogen) atoms. The molecule has 1 aliphatic carbocycles. The number of carboxylic acid groups (broad SMARTS) is 1. The van der Waals surface area contributed by atoms with Gasteiger partial charge in [0, 0.05) is 24.5 Å². The Morgan fingerprint density at radius 3 is 2.26 bits per heavy atom. The van der Waals surface area contributed by atoms with Gasteiger partial charge in [0.2, 0.25) is 0 Å². The predicted molar refractivity (Wildman–Crippen MR) is 132 cm³/mol. The fraction of sp³-hybridized carbons (Fsp3) is 0.286. The van der Waals surface area contributed by atoms with Crippen molar-refractivity contribution in [3.8, 4) is 16.9 Å². The van der Waals surface area contributed by atoms with Gasteiger partial charge in [0.25, 0.3) is 0 Å². The Balaban J connectivity index is 1.42. The van der Waals surface area contributed by atoms with Crippen LogP contribution in [0.1, 0.15) is 35.1 Å². The van der Waals surface area contributed by atoms with E-state index in [-0.39, 0.29) is 18.9 Å². The fourth-order valence-corrected chi connectivity index (χ4v) is 4.50. The second kappa shape index (κ2) is 11.1. The molecule has 182 valence electrons. The first-order valence-electron chi connectivity index (χ1n) is 11.6. The summed E-state index contributed by atoms with van der Waals surface area (Å²) in [6.07, 6.45) is -0.662. The molecule has 0 bridgehead atoms. The lowest BCUT2D eigenvalue weighted by molar-refractivity contribution is -0.139. The molecular weight excluding hydrogens is 446 g/mol. The topological polar surface area (TPSA) is 94.1 Å². The molecular formula is C28H29NO6. The molecule has 0 spiro atoms. The molecule has 0 heterocycles. The number of hydrogen-bond donors (Lipinski definition) is 2. The smallest absolute Gasteiger partial charge is 0.407 e. The van der Waals surface area contributed by atoms with E-state index in [9.17, 15) is 14.7 Å². The van der Waals surface area contributed by atoms with Crippen molar-refractivity contribution in [2.24, 2.45) is 0 Å². The number of aliphatic carboxylic acids is 1. The number of nitrogens with one attached hydrogen (secondary N) is 1. The summed E-state index contributed by atoms with van der Waals surface area (Å²) in [6.45, 7) is 2.92. The molecule has 0 fully saturated rings. The number of carbonyl (C=O) groups is 2. The zero-order valence-corrected chi connectivity index (χ0v) is 19.8. The summed E-state index contributed by atoms with van der Waals surface area (Å²) >= 11 is 0. The highest BCUT2D eigenvalue weighted by Crippen LogP contribution is 2.44. The molecule has 4 rings (SSSR count). The Kier molecular flexibility index (Phi) is 7.67. The number of hydrogen-bond acceptors (Lipinski definition) is 5. The number of carboxylic acids is 1. The van der Waals surface area contributed by atoms with Crippen LogP contribution < -0.4 is 10.1 Å². The lowest BCUT2D eigenvalue weighted by Gasteiger charge is -2.18. The second-order valence-electron chi connectivity index (χ2n) is 8.35. The molecule has 0 radical (unpaired) electrons. The average molecular weight is 476 g/mol. The number of carbonyl (C=O) groups excluding carboxylic acids is 1. The van der Waals surface area contributed by atoms with E-state index >= 15 is 0 Å². The van der Waals surface area contributed by atoms with E-state index in [0.717, 1.165) is 33.4 Å². The van der Waals surface area contributed by atoms with Crippen LogP contribution in [-0.4, -0.2) is 43.5 Å². The number of benzene rings is 3. The molecule has 0 saturated carbocycles. The third-order valence-corrected chi connectivity index (χ3v) is 6.18. The lowest BCUT2D eigenvalue weighted by Crippen LogP contribution is -2.42. The highest BCUT2D eigenvalue weighted by atomic mass is 16.5. The summed E-state index contributed by atoms with van der Waals surface area (Å²) in [5.41, 5.74) is 6.00. The van der Waals surface area contributed by atoms with Crippen molar-refractivity contribution in [2.45, 2.75) is 31.9 Å². The number of methoxy groups -OCH3 is 1. The predicted octanol–water partition coefficient (Wildman–Crippen LogP) is 4.77. The minimum Gasteiger partial charge on any atom is -0.496 e. The van der Waals surface area contributed by atoms with E-state index in [1.807, 2.05) is 49.4 Å². The first-order valence-corrected chi connectivity index (χ1v) is 11.6. The van der Waals surface area contributed by atoms with E-state index in [1.54, 1.807) is 19.2 Å². The summed E-state index contributed by atoms with van der Waals surface area (Å²) in [4.78, 5) is 24.5. The molecule has 7 nitrogen and oxygen atoms in total. The molecule has 1 unspecified atom stereocenters. The van der Waals surface area contributed by atoms with E-state index < -0.39 is 18.1 Å². The Labute approximate surface area is 204 Å². The van der Waals surface area contributed by atoms with Gasteiger partial charge in [-0.25, -0.2) is 9.59 Å². The number of amides is 1. The lowest BCUT2D eigenvalue weighted by atomic mass is 9.98. The molecule has 0 saturated heterocycles. The van der Waals surface area contributed by atoms with E-state index in [2.05, 4.69) is 17.4 Å². The van der Waals surface area contributed by atoms with Gasteiger partial charge in [-0.1, -0.05) is 54.6 Å². The van der Waals surface area contributed by atoms with Crippen molar-refractivity contribution in [2.75, 3.05) is 20.3 Å². The van der Waals surface area contributed by atoms with E-state index in [1.165, 1.54) is 0 Å². The minimum absolute atomic E-state index is 0.0980. The van der Waals surface area contributed by atoms with E-state index in [0.29, 0.717) is 19.0 Å². The second-order valence-corrected chi connectivity index (χ2v) is 8.35. The monoisotopic (exact) mass is 475 g/mol. The van der Waals surface area contributed by atoms with Crippen molar-refractivity contribution >= 4 is 12.1 Å². The fourth-order valence-electron chi connectivity index (χ4n) is 4.50. The highest BCUT2D eigenvalue weighted by molar-refractivity contribution is 5.81. The Bertz CT molecular complexity index is 1160. The molecule has 0 aromatic heterocycles. The zero-order valence-electron chi connectivity index (χ0n) is 19.8. The normalized spacial score (nSPS) is 13.0.